The fourth-order valence-corrected chi connectivity index (χ4v) is 2.45. The van der Waals surface area contributed by atoms with Crippen LogP contribution in [0.2, 0.25) is 0 Å². The first-order valence-corrected chi connectivity index (χ1v) is 7.28. The van der Waals surface area contributed by atoms with Gasteiger partial charge in [-0.3, -0.25) is 0 Å². The number of aromatic carboxylic acids is 1. The maximum absolute atomic E-state index is 12.2. The fraction of sp³-hybridized carbons (Fsp3) is 0.222. The van der Waals surface area contributed by atoms with Gasteiger partial charge in [-0.15, -0.1) is 0 Å². The second kappa shape index (κ2) is 6.52. The van der Waals surface area contributed by atoms with Gasteiger partial charge >= 0.3 is 12.0 Å². The predicted molar refractivity (Wildman–Crippen MR) is 91.4 cm³/mol. The highest BCUT2D eigenvalue weighted by atomic mass is 16.4. The highest BCUT2D eigenvalue weighted by Crippen LogP contribution is 2.26. The largest absolute Gasteiger partial charge is 0.478 e. The van der Waals surface area contributed by atoms with Crippen LogP contribution < -0.4 is 10.6 Å². The molecule has 120 valence electrons. The van der Waals surface area contributed by atoms with E-state index in [2.05, 4.69) is 10.6 Å². The van der Waals surface area contributed by atoms with E-state index in [1.54, 1.807) is 12.1 Å². The van der Waals surface area contributed by atoms with E-state index >= 15 is 0 Å². The molecule has 0 aliphatic heterocycles. The number of carboxylic acids is 1. The smallest absolute Gasteiger partial charge is 0.335 e. The molecule has 5 heteroatoms. The number of anilines is 2. The van der Waals surface area contributed by atoms with Gasteiger partial charge in [0.15, 0.2) is 0 Å². The molecule has 0 saturated carbocycles. The molecule has 0 radical (unpaired) electrons. The average Bonchev–Trinajstić information content (AvgIpc) is 2.50. The van der Waals surface area contributed by atoms with Crippen LogP contribution in [0.5, 0.6) is 0 Å². The first-order valence-electron chi connectivity index (χ1n) is 7.28. The monoisotopic (exact) mass is 312 g/mol. The molecule has 5 nitrogen and oxygen atoms in total. The van der Waals surface area contributed by atoms with Gasteiger partial charge in [0.2, 0.25) is 0 Å². The van der Waals surface area contributed by atoms with E-state index in [4.69, 9.17) is 5.11 Å². The Morgan fingerprint density at radius 3 is 2.04 bits per heavy atom. The lowest BCUT2D eigenvalue weighted by atomic mass is 9.98. The highest BCUT2D eigenvalue weighted by molar-refractivity contribution is 6.01. The van der Waals surface area contributed by atoms with Crippen LogP contribution in [0.1, 0.15) is 32.6 Å². The zero-order chi connectivity index (χ0) is 17.1. The number of nitrogens with one attached hydrogen (secondary N) is 2. The Morgan fingerprint density at radius 1 is 0.870 bits per heavy atom. The summed E-state index contributed by atoms with van der Waals surface area (Å²) >= 11 is 0. The second-order valence-corrected chi connectivity index (χ2v) is 5.60. The fourth-order valence-electron chi connectivity index (χ4n) is 2.45. The summed E-state index contributed by atoms with van der Waals surface area (Å²) in [6.45, 7) is 8.00. The van der Waals surface area contributed by atoms with E-state index in [1.165, 1.54) is 17.7 Å². The van der Waals surface area contributed by atoms with Gasteiger partial charge < -0.3 is 15.7 Å². The standard InChI is InChI=1S/C18H20N2O3/c1-10-9-11(2)16(13(4)12(10)3)20-18(23)19-15-7-5-14(6-8-15)17(21)22/h5-9H,1-4H3,(H,21,22)(H2,19,20,23). The van der Waals surface area contributed by atoms with Crippen LogP contribution in [-0.4, -0.2) is 17.1 Å². The molecule has 0 heterocycles. The van der Waals surface area contributed by atoms with Crippen LogP contribution in [0.25, 0.3) is 0 Å². The lowest BCUT2D eigenvalue weighted by molar-refractivity contribution is 0.0697. The van der Waals surface area contributed by atoms with Crippen molar-refractivity contribution in [1.82, 2.24) is 0 Å². The highest BCUT2D eigenvalue weighted by Gasteiger charge is 2.11. The molecule has 0 atom stereocenters. The van der Waals surface area contributed by atoms with E-state index in [0.29, 0.717) is 5.69 Å². The van der Waals surface area contributed by atoms with Gasteiger partial charge in [-0.1, -0.05) is 6.07 Å². The maximum atomic E-state index is 12.2. The van der Waals surface area contributed by atoms with Crippen molar-refractivity contribution in [1.29, 1.82) is 0 Å². The lowest BCUT2D eigenvalue weighted by Crippen LogP contribution is -2.21. The Labute approximate surface area is 135 Å². The molecule has 0 unspecified atom stereocenters. The molecule has 0 fully saturated rings. The predicted octanol–water partition coefficient (Wildman–Crippen LogP) is 4.26. The van der Waals surface area contributed by atoms with Crippen molar-refractivity contribution in [3.8, 4) is 0 Å². The Balaban J connectivity index is 2.14. The van der Waals surface area contributed by atoms with Crippen LogP contribution in [0.4, 0.5) is 16.2 Å². The number of carbonyl (C=O) groups is 2. The third-order valence-electron chi connectivity index (χ3n) is 3.98. The van der Waals surface area contributed by atoms with Gasteiger partial charge in [-0.25, -0.2) is 9.59 Å². The van der Waals surface area contributed by atoms with E-state index < -0.39 is 5.97 Å². The molecular formula is C18H20N2O3. The summed E-state index contributed by atoms with van der Waals surface area (Å²) in [5, 5.41) is 14.4. The van der Waals surface area contributed by atoms with Gasteiger partial charge in [-0.05, 0) is 74.2 Å². The molecule has 3 N–H and O–H groups in total. The number of urea groups is 1. The molecule has 0 aromatic heterocycles. The molecule has 0 bridgehead atoms. The molecule has 0 aliphatic carbocycles. The van der Waals surface area contributed by atoms with Crippen LogP contribution in [-0.2, 0) is 0 Å². The lowest BCUT2D eigenvalue weighted by Gasteiger charge is -2.16. The van der Waals surface area contributed by atoms with Gasteiger partial charge in [-0.2, -0.15) is 0 Å². The van der Waals surface area contributed by atoms with E-state index in [1.807, 2.05) is 33.8 Å². The SMILES string of the molecule is Cc1cc(C)c(NC(=O)Nc2ccc(C(=O)O)cc2)c(C)c1C. The number of amides is 2. The number of benzene rings is 2. The van der Waals surface area contributed by atoms with Crippen molar-refractivity contribution in [2.24, 2.45) is 0 Å². The van der Waals surface area contributed by atoms with Crippen molar-refractivity contribution >= 4 is 23.4 Å². The van der Waals surface area contributed by atoms with Crippen molar-refractivity contribution < 1.29 is 14.7 Å². The first kappa shape index (κ1) is 16.5. The Kier molecular flexibility index (Phi) is 4.69. The summed E-state index contributed by atoms with van der Waals surface area (Å²) < 4.78 is 0. The third-order valence-corrected chi connectivity index (χ3v) is 3.98. The normalized spacial score (nSPS) is 10.3. The summed E-state index contributed by atoms with van der Waals surface area (Å²) in [6.07, 6.45) is 0. The Morgan fingerprint density at radius 2 is 1.48 bits per heavy atom. The zero-order valence-electron chi connectivity index (χ0n) is 13.7. The summed E-state index contributed by atoms with van der Waals surface area (Å²) in [6, 6.07) is 7.70. The molecule has 2 aromatic carbocycles. The van der Waals surface area contributed by atoms with E-state index in [0.717, 1.165) is 22.4 Å². The molecular weight excluding hydrogens is 292 g/mol. The third kappa shape index (κ3) is 3.69. The minimum atomic E-state index is -0.998. The van der Waals surface area contributed by atoms with E-state index in [-0.39, 0.29) is 11.6 Å². The van der Waals surface area contributed by atoms with Crippen LogP contribution >= 0.6 is 0 Å². The number of hydrogen-bond acceptors (Lipinski definition) is 2. The summed E-state index contributed by atoms with van der Waals surface area (Å²) in [5.74, 6) is -0.998. The Bertz CT molecular complexity index is 765. The van der Waals surface area contributed by atoms with Crippen LogP contribution in [0.3, 0.4) is 0 Å². The van der Waals surface area contributed by atoms with Crippen molar-refractivity contribution in [2.75, 3.05) is 10.6 Å². The second-order valence-electron chi connectivity index (χ2n) is 5.60. The van der Waals surface area contributed by atoms with Crippen molar-refractivity contribution in [3.05, 3.63) is 58.1 Å². The summed E-state index contributed by atoms with van der Waals surface area (Å²) in [5.41, 5.74) is 5.89. The molecule has 23 heavy (non-hydrogen) atoms. The van der Waals surface area contributed by atoms with Crippen molar-refractivity contribution in [3.63, 3.8) is 0 Å². The first-order chi connectivity index (χ1) is 10.8. The summed E-state index contributed by atoms with van der Waals surface area (Å²) in [7, 11) is 0. The molecule has 2 amide bonds. The van der Waals surface area contributed by atoms with Gasteiger partial charge in [0.1, 0.15) is 0 Å². The minimum Gasteiger partial charge on any atom is -0.478 e. The molecule has 0 spiro atoms. The number of aryl methyl sites for hydroxylation is 2. The number of rotatable bonds is 3. The van der Waals surface area contributed by atoms with Gasteiger partial charge in [0, 0.05) is 11.4 Å². The number of hydrogen-bond donors (Lipinski definition) is 3. The van der Waals surface area contributed by atoms with Gasteiger partial charge in [0.25, 0.3) is 0 Å². The quantitative estimate of drug-likeness (QED) is 0.792. The van der Waals surface area contributed by atoms with Gasteiger partial charge in [0.05, 0.1) is 5.56 Å². The minimum absolute atomic E-state index is 0.178. The van der Waals surface area contributed by atoms with Crippen LogP contribution in [0, 0.1) is 27.7 Å². The molecule has 0 aliphatic rings. The molecule has 2 rings (SSSR count). The van der Waals surface area contributed by atoms with E-state index in [9.17, 15) is 9.59 Å². The van der Waals surface area contributed by atoms with Crippen molar-refractivity contribution in [2.45, 2.75) is 27.7 Å². The Hall–Kier alpha value is -2.82. The molecule has 0 saturated heterocycles. The number of carbonyl (C=O) groups excluding carboxylic acids is 1. The molecule has 2 aromatic rings. The number of carboxylic acid groups (broad SMARTS) is 1. The average molecular weight is 312 g/mol. The topological polar surface area (TPSA) is 78.4 Å². The van der Waals surface area contributed by atoms with Crippen LogP contribution in [0.15, 0.2) is 30.3 Å². The zero-order valence-corrected chi connectivity index (χ0v) is 13.7. The maximum Gasteiger partial charge on any atom is 0.335 e. The summed E-state index contributed by atoms with van der Waals surface area (Å²) in [4.78, 5) is 23.0.